The fourth-order valence-electron chi connectivity index (χ4n) is 3.69. The lowest BCUT2D eigenvalue weighted by Crippen LogP contribution is -2.12. The molecule has 0 amide bonds. The van der Waals surface area contributed by atoms with Crippen LogP contribution in [0.1, 0.15) is 61.6 Å². The van der Waals surface area contributed by atoms with Crippen LogP contribution in [0.5, 0.6) is 0 Å². The van der Waals surface area contributed by atoms with Gasteiger partial charge in [-0.25, -0.2) is 17.6 Å². The molecule has 0 radical (unpaired) electrons. The average molecular weight is 374 g/mol. The van der Waals surface area contributed by atoms with E-state index < -0.39 is 23.3 Å². The van der Waals surface area contributed by atoms with Gasteiger partial charge in [-0.3, -0.25) is 0 Å². The van der Waals surface area contributed by atoms with Crippen LogP contribution in [-0.2, 0) is 6.42 Å². The Morgan fingerprint density at radius 3 is 2.11 bits per heavy atom. The van der Waals surface area contributed by atoms with Crippen molar-refractivity contribution in [3.05, 3.63) is 70.3 Å². The smallest absolute Gasteiger partial charge is 0.159 e. The minimum absolute atomic E-state index is 0.0562. The molecule has 0 unspecified atom stereocenters. The molecule has 1 aliphatic rings. The third-order valence-electron chi connectivity index (χ3n) is 5.18. The molecule has 27 heavy (non-hydrogen) atoms. The average Bonchev–Trinajstić information content (AvgIpc) is 2.64. The molecule has 0 bridgehead atoms. The van der Waals surface area contributed by atoms with Gasteiger partial charge >= 0.3 is 0 Å². The number of hydrogen-bond donors (Lipinski definition) is 0. The largest absolute Gasteiger partial charge is 0.206 e. The summed E-state index contributed by atoms with van der Waals surface area (Å²) >= 11 is 0. The number of hydrogen-bond acceptors (Lipinski definition) is 0. The maximum absolute atomic E-state index is 14.1. The van der Waals surface area contributed by atoms with E-state index in [2.05, 4.69) is 11.8 Å². The maximum Gasteiger partial charge on any atom is 0.159 e. The molecule has 0 nitrogen and oxygen atoms in total. The van der Waals surface area contributed by atoms with Crippen molar-refractivity contribution in [1.29, 1.82) is 0 Å². The highest BCUT2D eigenvalue weighted by molar-refractivity contribution is 5.39. The summed E-state index contributed by atoms with van der Waals surface area (Å²) < 4.78 is 54.7. The molecule has 0 aromatic heterocycles. The molecule has 3 rings (SSSR count). The molecule has 2 aromatic carbocycles. The summed E-state index contributed by atoms with van der Waals surface area (Å²) in [7, 11) is 0. The fourth-order valence-corrected chi connectivity index (χ4v) is 3.69. The van der Waals surface area contributed by atoms with E-state index >= 15 is 0 Å². The van der Waals surface area contributed by atoms with Crippen molar-refractivity contribution in [2.75, 3.05) is 0 Å². The summed E-state index contributed by atoms with van der Waals surface area (Å²) in [5.74, 6) is 3.02. The molecular weight excluding hydrogens is 352 g/mol. The molecule has 1 aliphatic carbocycles. The molecule has 0 N–H and O–H groups in total. The Morgan fingerprint density at radius 1 is 0.852 bits per heavy atom. The second-order valence-corrected chi connectivity index (χ2v) is 7.18. The van der Waals surface area contributed by atoms with Crippen LogP contribution in [0.25, 0.3) is 0 Å². The topological polar surface area (TPSA) is 0 Å². The van der Waals surface area contributed by atoms with Crippen molar-refractivity contribution >= 4 is 0 Å². The van der Waals surface area contributed by atoms with Gasteiger partial charge in [0.15, 0.2) is 11.6 Å². The lowest BCUT2D eigenvalue weighted by molar-refractivity contribution is 0.383. The zero-order valence-electron chi connectivity index (χ0n) is 15.3. The van der Waals surface area contributed by atoms with Crippen molar-refractivity contribution in [3.63, 3.8) is 0 Å². The highest BCUT2D eigenvalue weighted by Crippen LogP contribution is 2.36. The first-order valence-corrected chi connectivity index (χ1v) is 9.42. The molecule has 2 aromatic rings. The monoisotopic (exact) mass is 374 g/mol. The van der Waals surface area contributed by atoms with E-state index in [0.29, 0.717) is 12.0 Å². The molecule has 0 saturated heterocycles. The first-order valence-electron chi connectivity index (χ1n) is 9.42. The predicted octanol–water partition coefficient (Wildman–Crippen LogP) is 6.52. The van der Waals surface area contributed by atoms with Crippen LogP contribution in [0.15, 0.2) is 30.3 Å². The highest BCUT2D eigenvalue weighted by Gasteiger charge is 2.22. The third-order valence-corrected chi connectivity index (χ3v) is 5.18. The Kier molecular flexibility index (Phi) is 6.21. The zero-order chi connectivity index (χ0) is 19.4. The molecule has 4 heteroatoms. The Morgan fingerprint density at radius 2 is 1.52 bits per heavy atom. The second-order valence-electron chi connectivity index (χ2n) is 7.18. The number of rotatable bonds is 3. The zero-order valence-corrected chi connectivity index (χ0v) is 15.3. The number of aryl methyl sites for hydroxylation is 1. The highest BCUT2D eigenvalue weighted by atomic mass is 19.2. The van der Waals surface area contributed by atoms with E-state index in [9.17, 15) is 17.6 Å². The molecule has 1 fully saturated rings. The molecule has 0 aliphatic heterocycles. The van der Waals surface area contributed by atoms with Gasteiger partial charge in [-0.2, -0.15) is 0 Å². The van der Waals surface area contributed by atoms with Crippen molar-refractivity contribution in [1.82, 2.24) is 0 Å². The predicted molar refractivity (Wildman–Crippen MR) is 98.3 cm³/mol. The quantitative estimate of drug-likeness (QED) is 0.424. The van der Waals surface area contributed by atoms with E-state index in [-0.39, 0.29) is 17.4 Å². The van der Waals surface area contributed by atoms with Crippen LogP contribution >= 0.6 is 0 Å². The number of halogens is 4. The van der Waals surface area contributed by atoms with Gasteiger partial charge in [-0.1, -0.05) is 31.3 Å². The van der Waals surface area contributed by atoms with E-state index in [1.165, 1.54) is 18.2 Å². The molecular formula is C23H22F4. The third kappa shape index (κ3) is 4.71. The second kappa shape index (κ2) is 8.61. The lowest BCUT2D eigenvalue weighted by Gasteiger charge is -2.26. The van der Waals surface area contributed by atoms with Crippen LogP contribution in [-0.4, -0.2) is 0 Å². The minimum Gasteiger partial charge on any atom is -0.206 e. The summed E-state index contributed by atoms with van der Waals surface area (Å²) in [5.41, 5.74) is 1.27. The molecule has 0 spiro atoms. The Bertz CT molecular complexity index is 845. The van der Waals surface area contributed by atoms with Gasteiger partial charge in [-0.15, -0.1) is 0 Å². The van der Waals surface area contributed by atoms with Gasteiger partial charge in [0, 0.05) is 5.92 Å². The van der Waals surface area contributed by atoms with E-state index in [0.717, 1.165) is 43.7 Å². The van der Waals surface area contributed by atoms with Crippen molar-refractivity contribution < 1.29 is 17.6 Å². The summed E-state index contributed by atoms with van der Waals surface area (Å²) in [4.78, 5) is 0. The van der Waals surface area contributed by atoms with Gasteiger partial charge in [-0.05, 0) is 73.4 Å². The first kappa shape index (κ1) is 19.5. The van der Waals surface area contributed by atoms with Crippen LogP contribution in [0, 0.1) is 41.0 Å². The molecule has 0 atom stereocenters. The Balaban J connectivity index is 1.65. The Labute approximate surface area is 157 Å². The standard InChI is InChI=1S/C23H22F4/c1-2-3-16-12-21(25)19(22(26)13-16)10-6-15-4-7-17(8-5-15)18-9-11-20(24)23(27)14-18/h9,11-15,17H,2-5,7-8H2,1H3. The van der Waals surface area contributed by atoms with Crippen LogP contribution in [0.4, 0.5) is 17.6 Å². The summed E-state index contributed by atoms with van der Waals surface area (Å²) in [6.07, 6.45) is 4.60. The van der Waals surface area contributed by atoms with E-state index in [4.69, 9.17) is 0 Å². The fraction of sp³-hybridized carbons (Fsp3) is 0.391. The molecule has 0 heterocycles. The normalized spacial score (nSPS) is 19.4. The molecule has 1 saturated carbocycles. The van der Waals surface area contributed by atoms with Gasteiger partial charge in [0.25, 0.3) is 0 Å². The minimum atomic E-state index is -0.840. The summed E-state index contributed by atoms with van der Waals surface area (Å²) in [6.45, 7) is 1.96. The van der Waals surface area contributed by atoms with Gasteiger partial charge in [0.05, 0.1) is 5.56 Å². The summed E-state index contributed by atoms with van der Waals surface area (Å²) in [6, 6.07) is 6.75. The van der Waals surface area contributed by atoms with Gasteiger partial charge in [0.1, 0.15) is 11.6 Å². The maximum atomic E-state index is 14.1. The Hall–Kier alpha value is -2.28. The number of benzene rings is 2. The lowest BCUT2D eigenvalue weighted by atomic mass is 9.79. The first-order chi connectivity index (χ1) is 13.0. The van der Waals surface area contributed by atoms with Crippen LogP contribution in [0.2, 0.25) is 0 Å². The summed E-state index contributed by atoms with van der Waals surface area (Å²) in [5, 5.41) is 0. The van der Waals surface area contributed by atoms with Crippen molar-refractivity contribution in [2.24, 2.45) is 5.92 Å². The van der Waals surface area contributed by atoms with E-state index in [1.807, 2.05) is 6.92 Å². The van der Waals surface area contributed by atoms with Crippen molar-refractivity contribution in [2.45, 2.75) is 51.4 Å². The van der Waals surface area contributed by atoms with Gasteiger partial charge in [0.2, 0.25) is 0 Å². The van der Waals surface area contributed by atoms with Gasteiger partial charge < -0.3 is 0 Å². The van der Waals surface area contributed by atoms with E-state index in [1.54, 1.807) is 6.07 Å². The molecule has 142 valence electrons. The van der Waals surface area contributed by atoms with Crippen LogP contribution in [0.3, 0.4) is 0 Å². The van der Waals surface area contributed by atoms with Crippen LogP contribution < -0.4 is 0 Å². The SMILES string of the molecule is CCCc1cc(F)c(C#CC2CCC(c3ccc(F)c(F)c3)CC2)c(F)c1. The van der Waals surface area contributed by atoms with Crippen molar-refractivity contribution in [3.8, 4) is 11.8 Å².